The molecule has 0 amide bonds. The number of hydrogen-bond donors (Lipinski definition) is 1. The fourth-order valence-electron chi connectivity index (χ4n) is 1.90. The number of nitrogens with two attached hydrogens (primary N) is 1. The van der Waals surface area contributed by atoms with Crippen molar-refractivity contribution < 1.29 is 9.47 Å². The Labute approximate surface area is 118 Å². The molecular formula is C14H18N4O2. The van der Waals surface area contributed by atoms with Crippen molar-refractivity contribution in [1.29, 1.82) is 0 Å². The van der Waals surface area contributed by atoms with E-state index in [4.69, 9.17) is 15.2 Å². The van der Waals surface area contributed by atoms with Crippen molar-refractivity contribution in [2.75, 3.05) is 31.9 Å². The van der Waals surface area contributed by atoms with Crippen LogP contribution in [-0.2, 0) is 6.54 Å². The van der Waals surface area contributed by atoms with Crippen molar-refractivity contribution in [3.63, 3.8) is 0 Å². The maximum Gasteiger partial charge on any atom is 0.225 e. The van der Waals surface area contributed by atoms with Crippen molar-refractivity contribution in [2.45, 2.75) is 6.54 Å². The molecule has 0 aliphatic carbocycles. The smallest absolute Gasteiger partial charge is 0.225 e. The average molecular weight is 274 g/mol. The molecule has 0 aliphatic heterocycles. The van der Waals surface area contributed by atoms with Gasteiger partial charge in [0.2, 0.25) is 11.8 Å². The lowest BCUT2D eigenvalue weighted by molar-refractivity contribution is 0.397. The van der Waals surface area contributed by atoms with Gasteiger partial charge in [-0.1, -0.05) is 18.2 Å². The van der Waals surface area contributed by atoms with Gasteiger partial charge in [0, 0.05) is 25.2 Å². The zero-order valence-electron chi connectivity index (χ0n) is 11.8. The molecule has 0 aliphatic rings. The number of para-hydroxylation sites is 1. The van der Waals surface area contributed by atoms with E-state index in [0.717, 1.165) is 11.3 Å². The molecule has 106 valence electrons. The van der Waals surface area contributed by atoms with Crippen molar-refractivity contribution >= 4 is 11.8 Å². The summed E-state index contributed by atoms with van der Waals surface area (Å²) >= 11 is 0. The number of rotatable bonds is 5. The first-order chi connectivity index (χ1) is 9.63. The number of ether oxygens (including phenoxy) is 2. The second-order valence-electron chi connectivity index (χ2n) is 4.29. The summed E-state index contributed by atoms with van der Waals surface area (Å²) in [5.74, 6) is 2.17. The van der Waals surface area contributed by atoms with E-state index in [2.05, 4.69) is 9.97 Å². The molecule has 6 heteroatoms. The van der Waals surface area contributed by atoms with Crippen LogP contribution >= 0.6 is 0 Å². The zero-order valence-corrected chi connectivity index (χ0v) is 11.8. The molecule has 0 fully saturated rings. The third-order valence-electron chi connectivity index (χ3n) is 2.91. The lowest BCUT2D eigenvalue weighted by atomic mass is 10.2. The number of nitrogens with zero attached hydrogens (tertiary/aromatic N) is 3. The van der Waals surface area contributed by atoms with E-state index in [1.54, 1.807) is 20.3 Å². The van der Waals surface area contributed by atoms with E-state index < -0.39 is 0 Å². The van der Waals surface area contributed by atoms with Gasteiger partial charge in [0.25, 0.3) is 0 Å². The number of methoxy groups -OCH3 is 2. The number of nitrogen functional groups attached to an aromatic ring is 1. The SMILES string of the molecule is COc1cc(N(C)Cc2ccccc2OC)nc(N)n1. The van der Waals surface area contributed by atoms with Crippen LogP contribution in [0.3, 0.4) is 0 Å². The molecular weight excluding hydrogens is 256 g/mol. The maximum atomic E-state index is 5.67. The van der Waals surface area contributed by atoms with E-state index in [1.165, 1.54) is 0 Å². The molecule has 0 radical (unpaired) electrons. The maximum absolute atomic E-state index is 5.67. The van der Waals surface area contributed by atoms with E-state index >= 15 is 0 Å². The summed E-state index contributed by atoms with van der Waals surface area (Å²) in [6, 6.07) is 9.59. The highest BCUT2D eigenvalue weighted by molar-refractivity contribution is 5.46. The molecule has 2 N–H and O–H groups in total. The Morgan fingerprint density at radius 2 is 1.90 bits per heavy atom. The van der Waals surface area contributed by atoms with Crippen LogP contribution in [-0.4, -0.2) is 31.2 Å². The van der Waals surface area contributed by atoms with Crippen LogP contribution in [0.4, 0.5) is 11.8 Å². The van der Waals surface area contributed by atoms with Gasteiger partial charge in [-0.15, -0.1) is 0 Å². The topological polar surface area (TPSA) is 73.5 Å². The summed E-state index contributed by atoms with van der Waals surface area (Å²) in [5.41, 5.74) is 6.73. The molecule has 0 saturated heterocycles. The van der Waals surface area contributed by atoms with Crippen molar-refractivity contribution in [2.24, 2.45) is 0 Å². The third kappa shape index (κ3) is 3.09. The summed E-state index contributed by atoms with van der Waals surface area (Å²) in [5, 5.41) is 0. The quantitative estimate of drug-likeness (QED) is 0.894. The summed E-state index contributed by atoms with van der Waals surface area (Å²) in [6.07, 6.45) is 0. The minimum Gasteiger partial charge on any atom is -0.496 e. The van der Waals surface area contributed by atoms with Gasteiger partial charge in [0.1, 0.15) is 11.6 Å². The number of benzene rings is 1. The van der Waals surface area contributed by atoms with Gasteiger partial charge >= 0.3 is 0 Å². The van der Waals surface area contributed by atoms with Crippen LogP contribution in [0.5, 0.6) is 11.6 Å². The molecule has 0 unspecified atom stereocenters. The van der Waals surface area contributed by atoms with Gasteiger partial charge in [-0.05, 0) is 6.07 Å². The van der Waals surface area contributed by atoms with E-state index in [0.29, 0.717) is 18.2 Å². The number of aromatic nitrogens is 2. The van der Waals surface area contributed by atoms with Gasteiger partial charge in [-0.25, -0.2) is 0 Å². The second-order valence-corrected chi connectivity index (χ2v) is 4.29. The Hall–Kier alpha value is -2.50. The largest absolute Gasteiger partial charge is 0.496 e. The zero-order chi connectivity index (χ0) is 14.5. The van der Waals surface area contributed by atoms with Gasteiger partial charge in [-0.2, -0.15) is 9.97 Å². The van der Waals surface area contributed by atoms with Crippen LogP contribution in [0.25, 0.3) is 0 Å². The first-order valence-electron chi connectivity index (χ1n) is 6.15. The first-order valence-corrected chi connectivity index (χ1v) is 6.15. The molecule has 1 heterocycles. The molecule has 2 aromatic rings. The van der Waals surface area contributed by atoms with Crippen LogP contribution in [0.1, 0.15) is 5.56 Å². The predicted octanol–water partition coefficient (Wildman–Crippen LogP) is 1.71. The van der Waals surface area contributed by atoms with Gasteiger partial charge in [0.15, 0.2) is 0 Å². The summed E-state index contributed by atoms with van der Waals surface area (Å²) < 4.78 is 10.4. The van der Waals surface area contributed by atoms with Crippen molar-refractivity contribution in [3.8, 4) is 11.6 Å². The Morgan fingerprint density at radius 1 is 1.15 bits per heavy atom. The highest BCUT2D eigenvalue weighted by Gasteiger charge is 2.10. The highest BCUT2D eigenvalue weighted by atomic mass is 16.5. The van der Waals surface area contributed by atoms with Crippen LogP contribution in [0.2, 0.25) is 0 Å². The molecule has 6 nitrogen and oxygen atoms in total. The normalized spacial score (nSPS) is 10.2. The average Bonchev–Trinajstić information content (AvgIpc) is 2.47. The fraction of sp³-hybridized carbons (Fsp3) is 0.286. The molecule has 0 atom stereocenters. The first kappa shape index (κ1) is 13.9. The summed E-state index contributed by atoms with van der Waals surface area (Å²) in [7, 11) is 5.13. The molecule has 2 rings (SSSR count). The standard InChI is InChI=1S/C14H18N4O2/c1-18(9-10-6-4-5-7-11(10)19-2)12-8-13(20-3)17-14(15)16-12/h4-8H,9H2,1-3H3,(H2,15,16,17). The minimum atomic E-state index is 0.186. The summed E-state index contributed by atoms with van der Waals surface area (Å²) in [4.78, 5) is 10.1. The molecule has 20 heavy (non-hydrogen) atoms. The lowest BCUT2D eigenvalue weighted by Gasteiger charge is -2.20. The van der Waals surface area contributed by atoms with Crippen LogP contribution in [0, 0.1) is 0 Å². The molecule has 1 aromatic carbocycles. The van der Waals surface area contributed by atoms with E-state index in [1.807, 2.05) is 36.2 Å². The minimum absolute atomic E-state index is 0.186. The van der Waals surface area contributed by atoms with Crippen LogP contribution < -0.4 is 20.1 Å². The van der Waals surface area contributed by atoms with Gasteiger partial charge in [-0.3, -0.25) is 0 Å². The fourth-order valence-corrected chi connectivity index (χ4v) is 1.90. The second kappa shape index (κ2) is 6.10. The van der Waals surface area contributed by atoms with E-state index in [-0.39, 0.29) is 5.95 Å². The predicted molar refractivity (Wildman–Crippen MR) is 78.1 cm³/mol. The molecule has 0 spiro atoms. The molecule has 0 bridgehead atoms. The lowest BCUT2D eigenvalue weighted by Crippen LogP contribution is -2.19. The van der Waals surface area contributed by atoms with Crippen molar-refractivity contribution in [3.05, 3.63) is 35.9 Å². The highest BCUT2D eigenvalue weighted by Crippen LogP contribution is 2.23. The molecule has 0 saturated carbocycles. The third-order valence-corrected chi connectivity index (χ3v) is 2.91. The molecule has 1 aromatic heterocycles. The number of anilines is 2. The van der Waals surface area contributed by atoms with Crippen molar-refractivity contribution in [1.82, 2.24) is 9.97 Å². The Balaban J connectivity index is 2.23. The van der Waals surface area contributed by atoms with Gasteiger partial charge in [0.05, 0.1) is 14.2 Å². The summed E-state index contributed by atoms with van der Waals surface area (Å²) in [6.45, 7) is 0.642. The van der Waals surface area contributed by atoms with Gasteiger partial charge < -0.3 is 20.1 Å². The number of hydrogen-bond acceptors (Lipinski definition) is 6. The van der Waals surface area contributed by atoms with E-state index in [9.17, 15) is 0 Å². The Bertz CT molecular complexity index is 589. The Kier molecular flexibility index (Phi) is 4.24. The monoisotopic (exact) mass is 274 g/mol. The Morgan fingerprint density at radius 3 is 2.60 bits per heavy atom. The van der Waals surface area contributed by atoms with Crippen LogP contribution in [0.15, 0.2) is 30.3 Å².